The van der Waals surface area contributed by atoms with E-state index in [1.165, 1.54) is 0 Å². The van der Waals surface area contributed by atoms with Gasteiger partial charge in [-0.25, -0.2) is 0 Å². The monoisotopic (exact) mass is 250 g/mol. The molecule has 1 atom stereocenters. The van der Waals surface area contributed by atoms with Gasteiger partial charge in [0.1, 0.15) is 5.75 Å². The highest BCUT2D eigenvalue weighted by atomic mass is 16.5. The molecule has 1 aromatic rings. The average Bonchev–Trinajstić information content (AvgIpc) is 2.83. The predicted molar refractivity (Wildman–Crippen MR) is 70.9 cm³/mol. The Hall–Kier alpha value is -1.13. The van der Waals surface area contributed by atoms with Gasteiger partial charge < -0.3 is 15.2 Å². The van der Waals surface area contributed by atoms with Gasteiger partial charge >= 0.3 is 0 Å². The summed E-state index contributed by atoms with van der Waals surface area (Å²) >= 11 is 0. The van der Waals surface area contributed by atoms with E-state index in [0.717, 1.165) is 48.6 Å². The zero-order valence-corrected chi connectivity index (χ0v) is 11.5. The standard InChI is InChI=1S/C14H22N2O2/c1-10-7-16-12(11(2)13(10)17-3)6-14(8-15)4-5-18-9-14/h7H,4-6,8-9,15H2,1-3H3. The normalized spacial score (nSPS) is 23.3. The van der Waals surface area contributed by atoms with Crippen molar-refractivity contribution in [2.75, 3.05) is 26.9 Å². The van der Waals surface area contributed by atoms with Crippen molar-refractivity contribution in [3.63, 3.8) is 0 Å². The van der Waals surface area contributed by atoms with Gasteiger partial charge in [0.25, 0.3) is 0 Å². The summed E-state index contributed by atoms with van der Waals surface area (Å²) in [4.78, 5) is 4.55. The van der Waals surface area contributed by atoms with Gasteiger partial charge in [0.15, 0.2) is 0 Å². The second kappa shape index (κ2) is 5.24. The van der Waals surface area contributed by atoms with Crippen LogP contribution in [-0.2, 0) is 11.2 Å². The molecule has 0 bridgehead atoms. The minimum atomic E-state index is 0.0536. The number of nitrogens with two attached hydrogens (primary N) is 1. The molecule has 4 nitrogen and oxygen atoms in total. The van der Waals surface area contributed by atoms with E-state index < -0.39 is 0 Å². The molecule has 2 heterocycles. The summed E-state index contributed by atoms with van der Waals surface area (Å²) in [5.41, 5.74) is 9.25. The van der Waals surface area contributed by atoms with Crippen molar-refractivity contribution < 1.29 is 9.47 Å². The minimum Gasteiger partial charge on any atom is -0.496 e. The van der Waals surface area contributed by atoms with E-state index in [-0.39, 0.29) is 5.41 Å². The molecular weight excluding hydrogens is 228 g/mol. The zero-order valence-electron chi connectivity index (χ0n) is 11.5. The van der Waals surface area contributed by atoms with Gasteiger partial charge in [0, 0.05) is 41.6 Å². The average molecular weight is 250 g/mol. The van der Waals surface area contributed by atoms with Crippen LogP contribution in [0.2, 0.25) is 0 Å². The van der Waals surface area contributed by atoms with Crippen molar-refractivity contribution in [2.45, 2.75) is 26.7 Å². The van der Waals surface area contributed by atoms with E-state index in [0.29, 0.717) is 6.54 Å². The number of ether oxygens (including phenoxy) is 2. The number of aryl methyl sites for hydroxylation is 1. The molecule has 1 aliphatic heterocycles. The molecule has 0 radical (unpaired) electrons. The van der Waals surface area contributed by atoms with Crippen LogP contribution in [0.5, 0.6) is 5.75 Å². The Balaban J connectivity index is 2.29. The molecule has 0 saturated carbocycles. The van der Waals surface area contributed by atoms with E-state index in [1.807, 2.05) is 13.1 Å². The first kappa shape index (κ1) is 13.3. The first-order valence-corrected chi connectivity index (χ1v) is 6.39. The molecule has 1 unspecified atom stereocenters. The molecule has 1 saturated heterocycles. The second-order valence-corrected chi connectivity index (χ2v) is 5.23. The summed E-state index contributed by atoms with van der Waals surface area (Å²) in [6.45, 7) is 6.26. The molecule has 2 rings (SSSR count). The molecule has 4 heteroatoms. The van der Waals surface area contributed by atoms with Gasteiger partial charge in [0.2, 0.25) is 0 Å². The lowest BCUT2D eigenvalue weighted by Gasteiger charge is -2.26. The smallest absolute Gasteiger partial charge is 0.128 e. The Morgan fingerprint density at radius 2 is 2.28 bits per heavy atom. The fourth-order valence-corrected chi connectivity index (χ4v) is 2.63. The molecule has 0 amide bonds. The van der Waals surface area contributed by atoms with Crippen LogP contribution in [0.1, 0.15) is 23.2 Å². The third kappa shape index (κ3) is 2.35. The van der Waals surface area contributed by atoms with Crippen LogP contribution < -0.4 is 10.5 Å². The zero-order chi connectivity index (χ0) is 13.2. The van der Waals surface area contributed by atoms with Gasteiger partial charge in [-0.3, -0.25) is 4.98 Å². The SMILES string of the molecule is COc1c(C)cnc(CC2(CN)CCOC2)c1C. The molecule has 100 valence electrons. The summed E-state index contributed by atoms with van der Waals surface area (Å²) in [5, 5.41) is 0. The summed E-state index contributed by atoms with van der Waals surface area (Å²) in [7, 11) is 1.70. The number of pyridine rings is 1. The maximum atomic E-state index is 5.93. The van der Waals surface area contributed by atoms with E-state index >= 15 is 0 Å². The Labute approximate surface area is 108 Å². The molecule has 2 N–H and O–H groups in total. The molecular formula is C14H22N2O2. The van der Waals surface area contributed by atoms with Crippen LogP contribution >= 0.6 is 0 Å². The number of rotatable bonds is 4. The van der Waals surface area contributed by atoms with Crippen LogP contribution in [0.15, 0.2) is 6.20 Å². The lowest BCUT2D eigenvalue weighted by molar-refractivity contribution is 0.154. The van der Waals surface area contributed by atoms with Crippen LogP contribution in [0.3, 0.4) is 0 Å². The molecule has 1 aromatic heterocycles. The molecule has 0 spiro atoms. The summed E-state index contributed by atoms with van der Waals surface area (Å²) in [5.74, 6) is 0.936. The van der Waals surface area contributed by atoms with Crippen LogP contribution in [0.25, 0.3) is 0 Å². The summed E-state index contributed by atoms with van der Waals surface area (Å²) in [6, 6.07) is 0. The lowest BCUT2D eigenvalue weighted by atomic mass is 9.81. The number of methoxy groups -OCH3 is 1. The number of hydrogen-bond acceptors (Lipinski definition) is 4. The molecule has 0 aromatic carbocycles. The van der Waals surface area contributed by atoms with E-state index in [4.69, 9.17) is 15.2 Å². The largest absolute Gasteiger partial charge is 0.496 e. The molecule has 1 fully saturated rings. The first-order valence-electron chi connectivity index (χ1n) is 6.39. The number of nitrogens with zero attached hydrogens (tertiary/aromatic N) is 1. The fourth-order valence-electron chi connectivity index (χ4n) is 2.63. The second-order valence-electron chi connectivity index (χ2n) is 5.23. The number of aromatic nitrogens is 1. The van der Waals surface area contributed by atoms with Crippen LogP contribution in [-0.4, -0.2) is 31.9 Å². The summed E-state index contributed by atoms with van der Waals surface area (Å²) < 4.78 is 10.9. The Bertz CT molecular complexity index is 426. The van der Waals surface area contributed by atoms with E-state index in [2.05, 4.69) is 11.9 Å². The lowest BCUT2D eigenvalue weighted by Crippen LogP contribution is -2.33. The fraction of sp³-hybridized carbons (Fsp3) is 0.643. The van der Waals surface area contributed by atoms with Crippen molar-refractivity contribution in [1.29, 1.82) is 0 Å². The number of hydrogen-bond donors (Lipinski definition) is 1. The Morgan fingerprint density at radius 1 is 1.50 bits per heavy atom. The van der Waals surface area contributed by atoms with Gasteiger partial charge in [0.05, 0.1) is 13.7 Å². The molecule has 0 aliphatic carbocycles. The first-order chi connectivity index (χ1) is 8.62. The van der Waals surface area contributed by atoms with E-state index in [9.17, 15) is 0 Å². The highest BCUT2D eigenvalue weighted by molar-refractivity contribution is 5.41. The van der Waals surface area contributed by atoms with E-state index in [1.54, 1.807) is 7.11 Å². The highest BCUT2D eigenvalue weighted by Crippen LogP contribution is 2.34. The third-order valence-corrected chi connectivity index (χ3v) is 3.91. The third-order valence-electron chi connectivity index (χ3n) is 3.91. The maximum absolute atomic E-state index is 5.93. The van der Waals surface area contributed by atoms with Gasteiger partial charge in [-0.05, 0) is 26.7 Å². The van der Waals surface area contributed by atoms with Gasteiger partial charge in [-0.2, -0.15) is 0 Å². The predicted octanol–water partition coefficient (Wildman–Crippen LogP) is 1.61. The van der Waals surface area contributed by atoms with Crippen molar-refractivity contribution in [3.8, 4) is 5.75 Å². The quantitative estimate of drug-likeness (QED) is 0.882. The Morgan fingerprint density at radius 3 is 2.83 bits per heavy atom. The molecule has 1 aliphatic rings. The molecule has 18 heavy (non-hydrogen) atoms. The van der Waals surface area contributed by atoms with Crippen molar-refractivity contribution in [2.24, 2.45) is 11.1 Å². The maximum Gasteiger partial charge on any atom is 0.128 e. The van der Waals surface area contributed by atoms with Crippen LogP contribution in [0, 0.1) is 19.3 Å². The van der Waals surface area contributed by atoms with Crippen molar-refractivity contribution in [3.05, 3.63) is 23.0 Å². The van der Waals surface area contributed by atoms with Crippen molar-refractivity contribution in [1.82, 2.24) is 4.98 Å². The highest BCUT2D eigenvalue weighted by Gasteiger charge is 2.34. The minimum absolute atomic E-state index is 0.0536. The Kier molecular flexibility index (Phi) is 3.88. The van der Waals surface area contributed by atoms with Gasteiger partial charge in [-0.15, -0.1) is 0 Å². The van der Waals surface area contributed by atoms with Crippen molar-refractivity contribution >= 4 is 0 Å². The topological polar surface area (TPSA) is 57.4 Å². The van der Waals surface area contributed by atoms with Crippen LogP contribution in [0.4, 0.5) is 0 Å². The summed E-state index contributed by atoms with van der Waals surface area (Å²) in [6.07, 6.45) is 3.76. The van der Waals surface area contributed by atoms with Gasteiger partial charge in [-0.1, -0.05) is 0 Å².